The number of benzene rings is 3. The number of rotatable bonds is 7. The molecule has 0 bridgehead atoms. The Labute approximate surface area is 199 Å². The topological polar surface area (TPSA) is 85.4 Å². The minimum atomic E-state index is -0.515. The van der Waals surface area contributed by atoms with E-state index < -0.39 is 4.92 Å². The Hall–Kier alpha value is -3.24. The number of nitrogens with zero attached hydrogens (tertiary/aromatic N) is 2. The van der Waals surface area contributed by atoms with Crippen molar-refractivity contribution in [2.24, 2.45) is 0 Å². The molecule has 0 heterocycles. The first-order valence-corrected chi connectivity index (χ1v) is 10.3. The van der Waals surface area contributed by atoms with Crippen LogP contribution in [0.5, 0.6) is 11.5 Å². The maximum absolute atomic E-state index is 11.0. The molecule has 0 atom stereocenters. The molecule has 0 fully saturated rings. The van der Waals surface area contributed by atoms with Gasteiger partial charge in [0.05, 0.1) is 38.7 Å². The first-order chi connectivity index (χ1) is 15.3. The van der Waals surface area contributed by atoms with E-state index in [9.17, 15) is 15.4 Å². The van der Waals surface area contributed by atoms with Crippen LogP contribution in [-0.4, -0.2) is 12.0 Å². The van der Waals surface area contributed by atoms with Gasteiger partial charge in [-0.2, -0.15) is 5.26 Å². The van der Waals surface area contributed by atoms with Crippen molar-refractivity contribution >= 4 is 52.1 Å². The van der Waals surface area contributed by atoms with Crippen LogP contribution in [0, 0.1) is 21.4 Å². The summed E-state index contributed by atoms with van der Waals surface area (Å²) in [6, 6.07) is 16.3. The molecule has 0 aromatic heterocycles. The number of nitro benzene ring substituents is 1. The van der Waals surface area contributed by atoms with Gasteiger partial charge in [-0.05, 0) is 47.0 Å². The number of halogens is 3. The molecule has 3 rings (SSSR count). The lowest BCUT2D eigenvalue weighted by molar-refractivity contribution is -0.384. The summed E-state index contributed by atoms with van der Waals surface area (Å²) in [6.07, 6.45) is 1.57. The van der Waals surface area contributed by atoms with Crippen molar-refractivity contribution in [3.8, 4) is 17.6 Å². The van der Waals surface area contributed by atoms with Gasteiger partial charge in [-0.1, -0.05) is 53.0 Å². The highest BCUT2D eigenvalue weighted by Gasteiger charge is 2.14. The summed E-state index contributed by atoms with van der Waals surface area (Å²) in [6.45, 7) is 0.180. The zero-order valence-corrected chi connectivity index (χ0v) is 18.9. The van der Waals surface area contributed by atoms with Crippen LogP contribution < -0.4 is 9.47 Å². The largest absolute Gasteiger partial charge is 0.493 e. The average Bonchev–Trinajstić information content (AvgIpc) is 2.78. The average molecular weight is 490 g/mol. The van der Waals surface area contributed by atoms with Crippen LogP contribution in [0.4, 0.5) is 5.69 Å². The second-order valence-electron chi connectivity index (χ2n) is 6.55. The summed E-state index contributed by atoms with van der Waals surface area (Å²) in [7, 11) is 1.47. The van der Waals surface area contributed by atoms with E-state index in [0.717, 1.165) is 5.56 Å². The molecule has 3 aromatic rings. The maximum atomic E-state index is 11.0. The van der Waals surface area contributed by atoms with Crippen molar-refractivity contribution in [2.75, 3.05) is 7.11 Å². The number of nitro groups is 1. The predicted octanol–water partition coefficient (Wildman–Crippen LogP) is 7.21. The lowest BCUT2D eigenvalue weighted by atomic mass is 10.0. The van der Waals surface area contributed by atoms with Gasteiger partial charge >= 0.3 is 0 Å². The van der Waals surface area contributed by atoms with Gasteiger partial charge in [0.25, 0.3) is 5.69 Å². The van der Waals surface area contributed by atoms with Gasteiger partial charge in [0.1, 0.15) is 6.61 Å². The molecule has 32 heavy (non-hydrogen) atoms. The van der Waals surface area contributed by atoms with Gasteiger partial charge in [-0.15, -0.1) is 0 Å². The molecule has 0 unspecified atom stereocenters. The van der Waals surface area contributed by atoms with E-state index in [1.54, 1.807) is 42.5 Å². The molecule has 0 amide bonds. The first kappa shape index (κ1) is 23.4. The number of ether oxygens (including phenoxy) is 2. The monoisotopic (exact) mass is 488 g/mol. The highest BCUT2D eigenvalue weighted by atomic mass is 35.5. The van der Waals surface area contributed by atoms with Gasteiger partial charge in [0.15, 0.2) is 11.5 Å². The van der Waals surface area contributed by atoms with Crippen molar-refractivity contribution in [3.05, 3.63) is 96.5 Å². The summed E-state index contributed by atoms with van der Waals surface area (Å²) in [5.41, 5.74) is 1.90. The van der Waals surface area contributed by atoms with Crippen molar-refractivity contribution in [1.82, 2.24) is 0 Å². The minimum absolute atomic E-state index is 0.106. The first-order valence-electron chi connectivity index (χ1n) is 9.13. The highest BCUT2D eigenvalue weighted by molar-refractivity contribution is 6.42. The molecule has 0 aliphatic heterocycles. The Kier molecular flexibility index (Phi) is 7.60. The third kappa shape index (κ3) is 5.51. The van der Waals surface area contributed by atoms with E-state index >= 15 is 0 Å². The fraction of sp³-hybridized carbons (Fsp3) is 0.0870. The second kappa shape index (κ2) is 10.4. The normalized spacial score (nSPS) is 11.0. The van der Waals surface area contributed by atoms with Gasteiger partial charge in [0.2, 0.25) is 0 Å². The number of methoxy groups -OCH3 is 1. The lowest BCUT2D eigenvalue weighted by Gasteiger charge is -2.14. The Morgan fingerprint density at radius 3 is 2.53 bits per heavy atom. The maximum Gasteiger partial charge on any atom is 0.270 e. The van der Waals surface area contributed by atoms with Crippen molar-refractivity contribution < 1.29 is 14.4 Å². The van der Waals surface area contributed by atoms with Crippen molar-refractivity contribution in [2.45, 2.75) is 6.61 Å². The summed E-state index contributed by atoms with van der Waals surface area (Å²) in [5.74, 6) is 0.686. The van der Waals surface area contributed by atoms with Crippen LogP contribution in [0.15, 0.2) is 54.6 Å². The van der Waals surface area contributed by atoms with E-state index in [1.165, 1.54) is 25.3 Å². The SMILES string of the molecule is COc1cc(/C=C(/C#N)c2cccc([N+](=O)[O-])c2)cc(Cl)c1OCc1ccc(Cl)c(Cl)c1. The van der Waals surface area contributed by atoms with Crippen LogP contribution in [0.1, 0.15) is 16.7 Å². The summed E-state index contributed by atoms with van der Waals surface area (Å²) < 4.78 is 11.2. The zero-order chi connectivity index (χ0) is 23.3. The fourth-order valence-electron chi connectivity index (χ4n) is 2.88. The van der Waals surface area contributed by atoms with Crippen LogP contribution in [-0.2, 0) is 6.61 Å². The molecule has 162 valence electrons. The predicted molar refractivity (Wildman–Crippen MR) is 125 cm³/mol. The quantitative estimate of drug-likeness (QED) is 0.151. The van der Waals surface area contributed by atoms with Crippen LogP contribution in [0.25, 0.3) is 11.6 Å². The number of allylic oxidation sites excluding steroid dienone is 1. The Balaban J connectivity index is 1.91. The molecule has 0 N–H and O–H groups in total. The highest BCUT2D eigenvalue weighted by Crippen LogP contribution is 2.38. The molecule has 6 nitrogen and oxygen atoms in total. The smallest absolute Gasteiger partial charge is 0.270 e. The molecule has 9 heteroatoms. The lowest BCUT2D eigenvalue weighted by Crippen LogP contribution is -1.99. The van der Waals surface area contributed by atoms with Crippen molar-refractivity contribution in [1.29, 1.82) is 5.26 Å². The van der Waals surface area contributed by atoms with Gasteiger partial charge in [-0.3, -0.25) is 10.1 Å². The molecule has 0 spiro atoms. The third-order valence-electron chi connectivity index (χ3n) is 4.42. The molecule has 0 radical (unpaired) electrons. The molecule has 0 saturated heterocycles. The summed E-state index contributed by atoms with van der Waals surface area (Å²) >= 11 is 18.4. The summed E-state index contributed by atoms with van der Waals surface area (Å²) in [5, 5.41) is 21.7. The van der Waals surface area contributed by atoms with Crippen molar-refractivity contribution in [3.63, 3.8) is 0 Å². The van der Waals surface area contributed by atoms with E-state index in [1.807, 2.05) is 0 Å². The Bertz CT molecular complexity index is 1250. The number of nitriles is 1. The second-order valence-corrected chi connectivity index (χ2v) is 7.77. The Morgan fingerprint density at radius 2 is 1.88 bits per heavy atom. The van der Waals surface area contributed by atoms with E-state index in [2.05, 4.69) is 6.07 Å². The number of hydrogen-bond donors (Lipinski definition) is 0. The number of hydrogen-bond acceptors (Lipinski definition) is 5. The number of non-ortho nitro benzene ring substituents is 1. The summed E-state index contributed by atoms with van der Waals surface area (Å²) in [4.78, 5) is 10.5. The molecular weight excluding hydrogens is 475 g/mol. The molecule has 0 saturated carbocycles. The molecular formula is C23H15Cl3N2O4. The molecule has 0 aliphatic carbocycles. The van der Waals surface area contributed by atoms with Gasteiger partial charge in [0, 0.05) is 12.1 Å². The van der Waals surface area contributed by atoms with Crippen LogP contribution in [0.3, 0.4) is 0 Å². The van der Waals surface area contributed by atoms with Gasteiger partial charge in [-0.25, -0.2) is 0 Å². The minimum Gasteiger partial charge on any atom is -0.493 e. The molecule has 3 aromatic carbocycles. The molecule has 0 aliphatic rings. The van der Waals surface area contributed by atoms with E-state index in [4.69, 9.17) is 44.3 Å². The van der Waals surface area contributed by atoms with Gasteiger partial charge < -0.3 is 9.47 Å². The fourth-order valence-corrected chi connectivity index (χ4v) is 3.48. The van der Waals surface area contributed by atoms with Crippen LogP contribution >= 0.6 is 34.8 Å². The standard InChI is InChI=1S/C23H15Cl3N2O4/c1-31-22-10-15(7-17(12-27)16-3-2-4-18(11-16)28(29)30)9-21(26)23(22)32-13-14-5-6-19(24)20(25)8-14/h2-11H,13H2,1H3/b17-7-. The zero-order valence-electron chi connectivity index (χ0n) is 16.6. The third-order valence-corrected chi connectivity index (χ3v) is 5.44. The van der Waals surface area contributed by atoms with E-state index in [0.29, 0.717) is 32.7 Å². The Morgan fingerprint density at radius 1 is 1.09 bits per heavy atom. The van der Waals surface area contributed by atoms with E-state index in [-0.39, 0.29) is 22.9 Å². The van der Waals surface area contributed by atoms with Crippen LogP contribution in [0.2, 0.25) is 15.1 Å².